The molecule has 2 fully saturated rings. The summed E-state index contributed by atoms with van der Waals surface area (Å²) in [6.45, 7) is 2.81. The fourth-order valence-electron chi connectivity index (χ4n) is 5.87. The van der Waals surface area contributed by atoms with E-state index >= 15 is 0 Å². The van der Waals surface area contributed by atoms with E-state index in [1.807, 2.05) is 35.7 Å². The van der Waals surface area contributed by atoms with Crippen LogP contribution >= 0.6 is 11.3 Å². The Morgan fingerprint density at radius 3 is 2.49 bits per heavy atom. The molecule has 39 heavy (non-hydrogen) atoms. The van der Waals surface area contributed by atoms with E-state index in [0.29, 0.717) is 17.9 Å². The van der Waals surface area contributed by atoms with Crippen LogP contribution in [0.2, 0.25) is 0 Å². The van der Waals surface area contributed by atoms with Crippen LogP contribution in [-0.2, 0) is 24.2 Å². The highest BCUT2D eigenvalue weighted by Crippen LogP contribution is 2.26. The minimum Gasteiger partial charge on any atom is -0.348 e. The Labute approximate surface area is 236 Å². The van der Waals surface area contributed by atoms with Gasteiger partial charge in [0.2, 0.25) is 5.91 Å². The van der Waals surface area contributed by atoms with E-state index in [1.165, 1.54) is 5.56 Å². The lowest BCUT2D eigenvalue weighted by Crippen LogP contribution is -2.49. The van der Waals surface area contributed by atoms with Gasteiger partial charge < -0.3 is 16.4 Å². The molecule has 2 unspecified atom stereocenters. The number of nitrogens with one attached hydrogen (secondary N) is 2. The van der Waals surface area contributed by atoms with Crippen LogP contribution in [0.1, 0.15) is 64.9 Å². The van der Waals surface area contributed by atoms with Crippen LogP contribution in [0.3, 0.4) is 0 Å². The number of amides is 2. The van der Waals surface area contributed by atoms with Gasteiger partial charge in [-0.2, -0.15) is 0 Å². The average Bonchev–Trinajstić information content (AvgIpc) is 3.45. The summed E-state index contributed by atoms with van der Waals surface area (Å²) in [5, 5.41) is 8.25. The van der Waals surface area contributed by atoms with Crippen molar-refractivity contribution in [3.8, 4) is 0 Å². The average molecular weight is 545 g/mol. The van der Waals surface area contributed by atoms with Gasteiger partial charge >= 0.3 is 0 Å². The largest absolute Gasteiger partial charge is 0.348 e. The first-order valence-corrected chi connectivity index (χ1v) is 15.2. The third-order valence-electron chi connectivity index (χ3n) is 8.17. The Bertz CT molecular complexity index is 1220. The van der Waals surface area contributed by atoms with Crippen molar-refractivity contribution in [2.45, 2.75) is 70.0 Å². The number of benzene rings is 2. The zero-order valence-corrected chi connectivity index (χ0v) is 23.4. The maximum absolute atomic E-state index is 13.2. The molecule has 3 aromatic rings. The number of carbonyl (C=O) groups is 2. The molecule has 0 spiro atoms. The molecule has 0 radical (unpaired) electrons. The molecule has 206 valence electrons. The standard InChI is InChI=1S/C32H40N4O2S/c33-28-10-4-5-11-29(28)35-32(38)25-12-13-26(30(20-25)34-31(37)21-27-9-6-18-39-27)22-36-16-14-24(15-17-36)19-23-7-2-1-3-8-23/h1-3,6-9,12-13,18,20,24,28-29H,4-5,10-11,14-17,19,21-22,33H2,(H,34,37)(H,35,38). The van der Waals surface area contributed by atoms with Gasteiger partial charge in [-0.15, -0.1) is 11.3 Å². The van der Waals surface area contributed by atoms with Crippen LogP contribution in [0.5, 0.6) is 0 Å². The molecule has 0 bridgehead atoms. The van der Waals surface area contributed by atoms with Crippen molar-refractivity contribution in [2.24, 2.45) is 11.7 Å². The van der Waals surface area contributed by atoms with E-state index in [1.54, 1.807) is 11.3 Å². The molecular weight excluding hydrogens is 504 g/mol. The van der Waals surface area contributed by atoms with E-state index in [2.05, 4.69) is 45.9 Å². The molecule has 2 atom stereocenters. The number of likely N-dealkylation sites (tertiary alicyclic amines) is 1. The molecule has 1 aromatic heterocycles. The second-order valence-electron chi connectivity index (χ2n) is 11.1. The Morgan fingerprint density at radius 1 is 0.949 bits per heavy atom. The number of hydrogen-bond acceptors (Lipinski definition) is 5. The van der Waals surface area contributed by atoms with E-state index in [0.717, 1.165) is 80.7 Å². The number of rotatable bonds is 9. The summed E-state index contributed by atoms with van der Waals surface area (Å²) in [7, 11) is 0. The molecule has 2 aliphatic rings. The number of nitrogens with two attached hydrogens (primary N) is 1. The summed E-state index contributed by atoms with van der Waals surface area (Å²) in [5.41, 5.74) is 10.0. The molecule has 2 aromatic carbocycles. The van der Waals surface area contributed by atoms with Crippen molar-refractivity contribution in [3.05, 3.63) is 87.6 Å². The molecule has 1 aliphatic carbocycles. The zero-order chi connectivity index (χ0) is 27.0. The number of carbonyl (C=O) groups excluding carboxylic acids is 2. The van der Waals surface area contributed by atoms with E-state index < -0.39 is 0 Å². The van der Waals surface area contributed by atoms with Crippen molar-refractivity contribution < 1.29 is 9.59 Å². The first-order valence-electron chi connectivity index (χ1n) is 14.3. The minimum atomic E-state index is -0.126. The normalized spacial score (nSPS) is 20.4. The number of thiophene rings is 1. The minimum absolute atomic E-state index is 0.0000204. The molecular formula is C32H40N4O2S. The quantitative estimate of drug-likeness (QED) is 0.337. The van der Waals surface area contributed by atoms with E-state index in [4.69, 9.17) is 5.73 Å². The van der Waals surface area contributed by atoms with Crippen LogP contribution in [0.25, 0.3) is 0 Å². The van der Waals surface area contributed by atoms with Crippen LogP contribution in [0.15, 0.2) is 66.0 Å². The molecule has 5 rings (SSSR count). The van der Waals surface area contributed by atoms with E-state index in [-0.39, 0.29) is 23.9 Å². The van der Waals surface area contributed by atoms with Gasteiger partial charge in [-0.05, 0) is 85.8 Å². The fourth-order valence-corrected chi connectivity index (χ4v) is 6.57. The predicted octanol–water partition coefficient (Wildman–Crippen LogP) is 5.38. The van der Waals surface area contributed by atoms with Gasteiger partial charge in [0.25, 0.3) is 5.91 Å². The van der Waals surface area contributed by atoms with Gasteiger partial charge in [0.05, 0.1) is 6.42 Å². The van der Waals surface area contributed by atoms with Crippen molar-refractivity contribution in [3.63, 3.8) is 0 Å². The maximum Gasteiger partial charge on any atom is 0.251 e. The lowest BCUT2D eigenvalue weighted by atomic mass is 9.90. The third-order valence-corrected chi connectivity index (χ3v) is 9.04. The Hall–Kier alpha value is -3.00. The molecule has 2 heterocycles. The van der Waals surface area contributed by atoms with Gasteiger partial charge in [-0.25, -0.2) is 0 Å². The molecule has 1 saturated heterocycles. The SMILES string of the molecule is NC1CCCCC1NC(=O)c1ccc(CN2CCC(Cc3ccccc3)CC2)c(NC(=O)Cc2cccs2)c1. The number of piperidine rings is 1. The predicted molar refractivity (Wildman–Crippen MR) is 159 cm³/mol. The molecule has 2 amide bonds. The van der Waals surface area contributed by atoms with Crippen LogP contribution in [0.4, 0.5) is 5.69 Å². The number of nitrogens with zero attached hydrogens (tertiary/aromatic N) is 1. The highest BCUT2D eigenvalue weighted by Gasteiger charge is 2.25. The molecule has 1 saturated carbocycles. The van der Waals surface area contributed by atoms with Crippen LogP contribution in [0, 0.1) is 5.92 Å². The van der Waals surface area contributed by atoms with Gasteiger partial charge in [0, 0.05) is 34.8 Å². The second kappa shape index (κ2) is 13.4. The molecule has 6 nitrogen and oxygen atoms in total. The number of anilines is 1. The summed E-state index contributed by atoms with van der Waals surface area (Å²) in [5.74, 6) is 0.511. The van der Waals surface area contributed by atoms with Crippen molar-refractivity contribution in [1.82, 2.24) is 10.2 Å². The summed E-state index contributed by atoms with van der Waals surface area (Å²) in [4.78, 5) is 29.6. The zero-order valence-electron chi connectivity index (χ0n) is 22.6. The van der Waals surface area contributed by atoms with Gasteiger partial charge in [0.15, 0.2) is 0 Å². The van der Waals surface area contributed by atoms with Crippen molar-refractivity contribution >= 4 is 28.8 Å². The Kier molecular flexibility index (Phi) is 9.45. The smallest absolute Gasteiger partial charge is 0.251 e. The van der Waals surface area contributed by atoms with Gasteiger partial charge in [-0.1, -0.05) is 55.3 Å². The van der Waals surface area contributed by atoms with Gasteiger partial charge in [-0.3, -0.25) is 14.5 Å². The van der Waals surface area contributed by atoms with E-state index in [9.17, 15) is 9.59 Å². The Balaban J connectivity index is 1.25. The molecule has 4 N–H and O–H groups in total. The summed E-state index contributed by atoms with van der Waals surface area (Å²) >= 11 is 1.58. The highest BCUT2D eigenvalue weighted by molar-refractivity contribution is 7.10. The van der Waals surface area contributed by atoms with Crippen molar-refractivity contribution in [2.75, 3.05) is 18.4 Å². The summed E-state index contributed by atoms with van der Waals surface area (Å²) in [6, 6.07) is 20.4. The highest BCUT2D eigenvalue weighted by atomic mass is 32.1. The topological polar surface area (TPSA) is 87.5 Å². The second-order valence-corrected chi connectivity index (χ2v) is 12.1. The molecule has 1 aliphatic heterocycles. The fraction of sp³-hybridized carbons (Fsp3) is 0.438. The Morgan fingerprint density at radius 2 is 1.74 bits per heavy atom. The third kappa shape index (κ3) is 7.78. The maximum atomic E-state index is 13.2. The summed E-state index contributed by atoms with van der Waals surface area (Å²) in [6.07, 6.45) is 7.85. The van der Waals surface area contributed by atoms with Crippen LogP contribution in [-0.4, -0.2) is 41.9 Å². The number of hydrogen-bond donors (Lipinski definition) is 3. The lowest BCUT2D eigenvalue weighted by molar-refractivity contribution is -0.115. The van der Waals surface area contributed by atoms with Gasteiger partial charge in [0.1, 0.15) is 0 Å². The van der Waals surface area contributed by atoms with Crippen LogP contribution < -0.4 is 16.4 Å². The molecule has 7 heteroatoms. The first kappa shape index (κ1) is 27.6. The van der Waals surface area contributed by atoms with Crippen molar-refractivity contribution in [1.29, 1.82) is 0 Å². The first-order chi connectivity index (χ1) is 19.0. The lowest BCUT2D eigenvalue weighted by Gasteiger charge is -2.32. The monoisotopic (exact) mass is 544 g/mol. The summed E-state index contributed by atoms with van der Waals surface area (Å²) < 4.78 is 0.